The number of furan rings is 1. The molecule has 4 aromatic rings. The van der Waals surface area contributed by atoms with Gasteiger partial charge in [-0.2, -0.15) is 4.31 Å². The van der Waals surface area contributed by atoms with E-state index in [0.717, 1.165) is 4.31 Å². The number of hydrogen-bond donors (Lipinski definition) is 0. The van der Waals surface area contributed by atoms with Gasteiger partial charge in [-0.1, -0.05) is 0 Å². The predicted molar refractivity (Wildman–Crippen MR) is 131 cm³/mol. The van der Waals surface area contributed by atoms with Gasteiger partial charge in [0.2, 0.25) is 5.09 Å². The van der Waals surface area contributed by atoms with Crippen molar-refractivity contribution < 1.29 is 39.9 Å². The normalized spacial score (nSPS) is 16.6. The molecule has 0 N–H and O–H groups in total. The summed E-state index contributed by atoms with van der Waals surface area (Å²) in [6.45, 7) is 0.149. The largest absolute Gasteiger partial charge is 0.573 e. The van der Waals surface area contributed by atoms with Crippen molar-refractivity contribution in [3.63, 3.8) is 0 Å². The molecule has 204 valence electrons. The molecule has 0 amide bonds. The average molecular weight is 564 g/mol. The van der Waals surface area contributed by atoms with Crippen molar-refractivity contribution in [2.75, 3.05) is 6.54 Å². The third-order valence-electron chi connectivity index (χ3n) is 6.33. The lowest BCUT2D eigenvalue weighted by atomic mass is 10.0. The van der Waals surface area contributed by atoms with Crippen molar-refractivity contribution in [3.8, 4) is 17.0 Å². The molecule has 5 rings (SSSR count). The Hall–Kier alpha value is -3.84. The number of aryl methyl sites for hydroxylation is 1. The Balaban J connectivity index is 1.26. The molecule has 0 aliphatic carbocycles. The summed E-state index contributed by atoms with van der Waals surface area (Å²) in [4.78, 5) is 21.4. The fourth-order valence-electron chi connectivity index (χ4n) is 4.52. The zero-order valence-electron chi connectivity index (χ0n) is 20.2. The summed E-state index contributed by atoms with van der Waals surface area (Å²) in [5.74, 6) is -1.18. The van der Waals surface area contributed by atoms with E-state index in [1.54, 1.807) is 6.07 Å². The van der Waals surface area contributed by atoms with Gasteiger partial charge in [-0.3, -0.25) is 4.79 Å². The lowest BCUT2D eigenvalue weighted by Crippen LogP contribution is -2.40. The van der Waals surface area contributed by atoms with Gasteiger partial charge in [-0.15, -0.1) is 13.2 Å². The molecule has 1 atom stereocenters. The van der Waals surface area contributed by atoms with Crippen LogP contribution in [0.3, 0.4) is 0 Å². The molecule has 3 heterocycles. The molecule has 1 aliphatic heterocycles. The standard InChI is InChI=1S/C26H21F4N3O5S/c27-18-5-10-24-17(12-18)13-25(37-24)39(35,36)33-11-1-2-22(33)23(34)9-6-19-14-21(32-15-31-19)16-3-7-20(8-4-16)38-26(28,29)30/h3-5,7-8,10,12-15,22H,1-2,6,9,11H2. The first-order valence-corrected chi connectivity index (χ1v) is 13.3. The molecule has 1 fully saturated rings. The number of ether oxygens (including phenoxy) is 1. The topological polar surface area (TPSA) is 103 Å². The molecule has 0 radical (unpaired) electrons. The minimum Gasteiger partial charge on any atom is -0.443 e. The Labute approximate surface area is 220 Å². The summed E-state index contributed by atoms with van der Waals surface area (Å²) in [6.07, 6.45) is -2.44. The quantitative estimate of drug-likeness (QED) is 0.269. The highest BCUT2D eigenvalue weighted by molar-refractivity contribution is 7.89. The van der Waals surface area contributed by atoms with Crippen molar-refractivity contribution in [3.05, 3.63) is 72.4 Å². The summed E-state index contributed by atoms with van der Waals surface area (Å²) in [6, 6.07) is 10.9. The summed E-state index contributed by atoms with van der Waals surface area (Å²) in [5, 5.41) is -0.0485. The Morgan fingerprint density at radius 1 is 1.08 bits per heavy atom. The summed E-state index contributed by atoms with van der Waals surface area (Å²) in [5.41, 5.74) is 1.70. The van der Waals surface area contributed by atoms with E-state index in [-0.39, 0.29) is 41.6 Å². The van der Waals surface area contributed by atoms with Crippen LogP contribution >= 0.6 is 0 Å². The third kappa shape index (κ3) is 5.93. The van der Waals surface area contributed by atoms with Crippen LogP contribution in [0.5, 0.6) is 5.75 Å². The van der Waals surface area contributed by atoms with Crippen molar-refractivity contribution in [2.45, 2.75) is 43.2 Å². The van der Waals surface area contributed by atoms with E-state index in [1.165, 1.54) is 54.9 Å². The van der Waals surface area contributed by atoms with Gasteiger partial charge in [-0.25, -0.2) is 22.8 Å². The number of fused-ring (bicyclic) bond motifs is 1. The highest BCUT2D eigenvalue weighted by atomic mass is 32.2. The van der Waals surface area contributed by atoms with Crippen LogP contribution in [0.4, 0.5) is 17.6 Å². The van der Waals surface area contributed by atoms with Crippen molar-refractivity contribution in [2.24, 2.45) is 0 Å². The molecule has 0 spiro atoms. The van der Waals surface area contributed by atoms with E-state index in [4.69, 9.17) is 4.42 Å². The number of alkyl halides is 3. The van der Waals surface area contributed by atoms with Crippen LogP contribution in [-0.4, -0.2) is 47.4 Å². The van der Waals surface area contributed by atoms with Crippen LogP contribution in [0.25, 0.3) is 22.2 Å². The van der Waals surface area contributed by atoms with E-state index in [0.29, 0.717) is 35.2 Å². The minimum absolute atomic E-state index is 0.0108. The van der Waals surface area contributed by atoms with Gasteiger partial charge in [0, 0.05) is 35.7 Å². The maximum atomic E-state index is 13.5. The monoisotopic (exact) mass is 563 g/mol. The van der Waals surface area contributed by atoms with E-state index in [2.05, 4.69) is 14.7 Å². The van der Waals surface area contributed by atoms with Gasteiger partial charge in [0.15, 0.2) is 5.78 Å². The number of rotatable bonds is 8. The molecule has 0 saturated carbocycles. The highest BCUT2D eigenvalue weighted by Gasteiger charge is 2.40. The molecule has 13 heteroatoms. The Morgan fingerprint density at radius 3 is 2.59 bits per heavy atom. The first-order valence-electron chi connectivity index (χ1n) is 11.9. The van der Waals surface area contributed by atoms with Gasteiger partial charge in [0.25, 0.3) is 10.0 Å². The number of aromatic nitrogens is 2. The number of halogens is 4. The molecule has 1 unspecified atom stereocenters. The molecule has 39 heavy (non-hydrogen) atoms. The lowest BCUT2D eigenvalue weighted by molar-refractivity contribution is -0.274. The van der Waals surface area contributed by atoms with Gasteiger partial charge in [0.05, 0.1) is 11.7 Å². The Morgan fingerprint density at radius 2 is 1.85 bits per heavy atom. The van der Waals surface area contributed by atoms with Crippen molar-refractivity contribution >= 4 is 26.8 Å². The first kappa shape index (κ1) is 26.8. The summed E-state index contributed by atoms with van der Waals surface area (Å²) in [7, 11) is -4.13. The third-order valence-corrected chi connectivity index (χ3v) is 8.09. The average Bonchev–Trinajstić information content (AvgIpc) is 3.55. The van der Waals surface area contributed by atoms with E-state index in [9.17, 15) is 30.8 Å². The zero-order valence-corrected chi connectivity index (χ0v) is 21.0. The minimum atomic E-state index is -4.80. The van der Waals surface area contributed by atoms with Crippen molar-refractivity contribution in [1.29, 1.82) is 0 Å². The van der Waals surface area contributed by atoms with Gasteiger partial charge in [0.1, 0.15) is 23.5 Å². The van der Waals surface area contributed by atoms with Crippen LogP contribution < -0.4 is 4.74 Å². The maximum absolute atomic E-state index is 13.5. The van der Waals surface area contributed by atoms with Crippen LogP contribution in [0, 0.1) is 5.82 Å². The number of Topliss-reactive ketones (excluding diaryl/α,β-unsaturated/α-hetero) is 1. The second-order valence-electron chi connectivity index (χ2n) is 8.95. The van der Waals surface area contributed by atoms with Crippen LogP contribution in [0.15, 0.2) is 70.4 Å². The molecular weight excluding hydrogens is 542 g/mol. The molecule has 8 nitrogen and oxygen atoms in total. The maximum Gasteiger partial charge on any atom is 0.573 e. The Kier molecular flexibility index (Phi) is 7.12. The van der Waals surface area contributed by atoms with Gasteiger partial charge >= 0.3 is 6.36 Å². The highest BCUT2D eigenvalue weighted by Crippen LogP contribution is 2.31. The van der Waals surface area contributed by atoms with Crippen LogP contribution in [0.2, 0.25) is 0 Å². The van der Waals surface area contributed by atoms with Crippen LogP contribution in [0.1, 0.15) is 25.0 Å². The molecular formula is C26H21F4N3O5S. The fourth-order valence-corrected chi connectivity index (χ4v) is 6.15. The fraction of sp³-hybridized carbons (Fsp3) is 0.269. The smallest absolute Gasteiger partial charge is 0.443 e. The summed E-state index contributed by atoms with van der Waals surface area (Å²) >= 11 is 0. The number of carbonyl (C=O) groups excluding carboxylic acids is 1. The molecule has 0 bridgehead atoms. The molecule has 2 aromatic heterocycles. The number of benzene rings is 2. The number of sulfonamides is 1. The second-order valence-corrected chi connectivity index (χ2v) is 10.8. The van der Waals surface area contributed by atoms with E-state index in [1.807, 2.05) is 0 Å². The second kappa shape index (κ2) is 10.4. The molecule has 1 saturated heterocycles. The predicted octanol–water partition coefficient (Wildman–Crippen LogP) is 5.28. The van der Waals surface area contributed by atoms with Gasteiger partial charge in [-0.05, 0) is 67.8 Å². The SMILES string of the molecule is O=C(CCc1cc(-c2ccc(OC(F)(F)F)cc2)ncn1)C1CCCN1S(=O)(=O)c1cc2cc(F)ccc2o1. The zero-order chi connectivity index (χ0) is 27.8. The van der Waals surface area contributed by atoms with E-state index >= 15 is 0 Å². The molecule has 1 aliphatic rings. The van der Waals surface area contributed by atoms with Crippen molar-refractivity contribution in [1.82, 2.24) is 14.3 Å². The van der Waals surface area contributed by atoms with Crippen LogP contribution in [-0.2, 0) is 21.2 Å². The number of nitrogens with zero attached hydrogens (tertiary/aromatic N) is 3. The number of ketones is 1. The molecule has 2 aromatic carbocycles. The Bertz CT molecular complexity index is 1620. The summed E-state index contributed by atoms with van der Waals surface area (Å²) < 4.78 is 87.7. The van der Waals surface area contributed by atoms with Gasteiger partial charge < -0.3 is 9.15 Å². The lowest BCUT2D eigenvalue weighted by Gasteiger charge is -2.21. The number of hydrogen-bond acceptors (Lipinski definition) is 7. The van der Waals surface area contributed by atoms with E-state index < -0.39 is 28.2 Å². The number of carbonyl (C=O) groups is 1. The first-order chi connectivity index (χ1) is 18.5.